The number of carboxylic acids is 1. The first-order valence-corrected chi connectivity index (χ1v) is 6.82. The standard InChI is InChI=1S/C16H11ClN2O3/c17-12-4-6-13(7-5-12)19-16-18-9-14(22-16)10-2-1-3-11(8-10)15(20)21/h1-9H,(H,18,19)(H,20,21). The van der Waals surface area contributed by atoms with Crippen LogP contribution in [-0.4, -0.2) is 16.1 Å². The number of nitrogens with one attached hydrogen (secondary N) is 1. The minimum absolute atomic E-state index is 0.195. The lowest BCUT2D eigenvalue weighted by molar-refractivity contribution is 0.0697. The Morgan fingerprint density at radius 1 is 1.18 bits per heavy atom. The van der Waals surface area contributed by atoms with Crippen LogP contribution in [0.1, 0.15) is 10.4 Å². The number of carboxylic acid groups (broad SMARTS) is 1. The topological polar surface area (TPSA) is 75.4 Å². The summed E-state index contributed by atoms with van der Waals surface area (Å²) in [6, 6.07) is 13.9. The number of rotatable bonds is 4. The zero-order valence-electron chi connectivity index (χ0n) is 11.3. The van der Waals surface area contributed by atoms with Gasteiger partial charge < -0.3 is 14.8 Å². The molecule has 22 heavy (non-hydrogen) atoms. The van der Waals surface area contributed by atoms with Gasteiger partial charge in [-0.3, -0.25) is 0 Å². The lowest BCUT2D eigenvalue weighted by Crippen LogP contribution is -1.95. The monoisotopic (exact) mass is 314 g/mol. The number of hydrogen-bond donors (Lipinski definition) is 2. The molecule has 0 fully saturated rings. The quantitative estimate of drug-likeness (QED) is 0.744. The van der Waals surface area contributed by atoms with Crippen LogP contribution >= 0.6 is 11.6 Å². The molecule has 5 nitrogen and oxygen atoms in total. The maximum Gasteiger partial charge on any atom is 0.335 e. The van der Waals surface area contributed by atoms with Crippen molar-refractivity contribution in [3.8, 4) is 11.3 Å². The van der Waals surface area contributed by atoms with Crippen LogP contribution < -0.4 is 5.32 Å². The van der Waals surface area contributed by atoms with E-state index >= 15 is 0 Å². The van der Waals surface area contributed by atoms with E-state index in [1.54, 1.807) is 42.6 Å². The molecule has 0 bridgehead atoms. The molecule has 0 saturated carbocycles. The molecule has 110 valence electrons. The third-order valence-electron chi connectivity index (χ3n) is 3.00. The highest BCUT2D eigenvalue weighted by Crippen LogP contribution is 2.25. The van der Waals surface area contributed by atoms with Gasteiger partial charge in [0.05, 0.1) is 11.8 Å². The summed E-state index contributed by atoms with van der Waals surface area (Å²) in [7, 11) is 0. The number of halogens is 1. The molecule has 0 radical (unpaired) electrons. The van der Waals surface area contributed by atoms with Crippen molar-refractivity contribution >= 4 is 29.3 Å². The number of nitrogens with zero attached hydrogens (tertiary/aromatic N) is 1. The zero-order chi connectivity index (χ0) is 15.5. The van der Waals surface area contributed by atoms with Crippen LogP contribution in [0.15, 0.2) is 59.1 Å². The SMILES string of the molecule is O=C(O)c1cccc(-c2cnc(Nc3ccc(Cl)cc3)o2)c1. The van der Waals surface area contributed by atoms with Crippen LogP contribution in [0.4, 0.5) is 11.7 Å². The molecule has 0 aliphatic heterocycles. The molecule has 0 amide bonds. The van der Waals surface area contributed by atoms with Crippen LogP contribution in [0.5, 0.6) is 0 Å². The Balaban J connectivity index is 1.83. The minimum atomic E-state index is -0.985. The first-order valence-electron chi connectivity index (χ1n) is 6.44. The van der Waals surface area contributed by atoms with Crippen molar-refractivity contribution in [3.05, 3.63) is 65.3 Å². The molecular weight excluding hydrogens is 304 g/mol. The largest absolute Gasteiger partial charge is 0.478 e. The van der Waals surface area contributed by atoms with Gasteiger partial charge in [-0.1, -0.05) is 23.7 Å². The molecule has 0 aliphatic rings. The Morgan fingerprint density at radius 2 is 1.95 bits per heavy atom. The maximum absolute atomic E-state index is 11.0. The Kier molecular flexibility index (Phi) is 3.80. The van der Waals surface area contributed by atoms with E-state index in [4.69, 9.17) is 21.1 Å². The summed E-state index contributed by atoms with van der Waals surface area (Å²) in [6.45, 7) is 0. The summed E-state index contributed by atoms with van der Waals surface area (Å²) in [5.41, 5.74) is 1.63. The van der Waals surface area contributed by atoms with Crippen LogP contribution in [0.3, 0.4) is 0 Å². The lowest BCUT2D eigenvalue weighted by Gasteiger charge is -2.01. The van der Waals surface area contributed by atoms with Gasteiger partial charge in [-0.25, -0.2) is 9.78 Å². The van der Waals surface area contributed by atoms with Crippen molar-refractivity contribution in [3.63, 3.8) is 0 Å². The molecule has 1 aromatic heterocycles. The summed E-state index contributed by atoms with van der Waals surface area (Å²) in [5, 5.41) is 12.7. The van der Waals surface area contributed by atoms with E-state index in [0.717, 1.165) is 5.69 Å². The van der Waals surface area contributed by atoms with Gasteiger partial charge >= 0.3 is 5.97 Å². The molecule has 0 aliphatic carbocycles. The molecule has 3 rings (SSSR count). The van der Waals surface area contributed by atoms with Gasteiger partial charge in [0.25, 0.3) is 6.01 Å². The lowest BCUT2D eigenvalue weighted by atomic mass is 10.1. The van der Waals surface area contributed by atoms with Crippen molar-refractivity contribution in [1.29, 1.82) is 0 Å². The highest BCUT2D eigenvalue weighted by molar-refractivity contribution is 6.30. The van der Waals surface area contributed by atoms with E-state index in [1.165, 1.54) is 12.1 Å². The first kappa shape index (κ1) is 14.2. The second-order valence-electron chi connectivity index (χ2n) is 4.55. The Morgan fingerprint density at radius 3 is 2.68 bits per heavy atom. The number of oxazole rings is 1. The van der Waals surface area contributed by atoms with Crippen LogP contribution in [0, 0.1) is 0 Å². The van der Waals surface area contributed by atoms with E-state index in [0.29, 0.717) is 22.4 Å². The van der Waals surface area contributed by atoms with Crippen LogP contribution in [0.2, 0.25) is 5.02 Å². The van der Waals surface area contributed by atoms with Crippen LogP contribution in [-0.2, 0) is 0 Å². The Bertz CT molecular complexity index is 812. The first-order chi connectivity index (χ1) is 10.6. The Labute approximate surface area is 131 Å². The van der Waals surface area contributed by atoms with Crippen molar-refractivity contribution in [2.45, 2.75) is 0 Å². The third kappa shape index (κ3) is 3.10. The summed E-state index contributed by atoms with van der Waals surface area (Å²) < 4.78 is 5.59. The van der Waals surface area contributed by atoms with E-state index in [-0.39, 0.29) is 5.56 Å². The molecule has 6 heteroatoms. The molecule has 3 aromatic rings. The predicted molar refractivity (Wildman–Crippen MR) is 83.6 cm³/mol. The fourth-order valence-electron chi connectivity index (χ4n) is 1.93. The minimum Gasteiger partial charge on any atom is -0.478 e. The molecular formula is C16H11ClN2O3. The van der Waals surface area contributed by atoms with Gasteiger partial charge in [0.15, 0.2) is 5.76 Å². The average Bonchev–Trinajstić information content (AvgIpc) is 2.98. The second-order valence-corrected chi connectivity index (χ2v) is 4.98. The second kappa shape index (κ2) is 5.91. The third-order valence-corrected chi connectivity index (χ3v) is 3.25. The average molecular weight is 315 g/mol. The summed E-state index contributed by atoms with van der Waals surface area (Å²) in [4.78, 5) is 15.1. The van der Waals surface area contributed by atoms with E-state index in [1.807, 2.05) is 0 Å². The summed E-state index contributed by atoms with van der Waals surface area (Å²) >= 11 is 5.82. The molecule has 1 heterocycles. The van der Waals surface area contributed by atoms with Gasteiger partial charge in [-0.05, 0) is 36.4 Å². The highest BCUT2D eigenvalue weighted by Gasteiger charge is 2.09. The number of aromatic nitrogens is 1. The molecule has 2 aromatic carbocycles. The van der Waals surface area contributed by atoms with E-state index in [2.05, 4.69) is 10.3 Å². The van der Waals surface area contributed by atoms with Crippen molar-refractivity contribution in [2.75, 3.05) is 5.32 Å². The number of anilines is 2. The van der Waals surface area contributed by atoms with Gasteiger partial charge in [-0.15, -0.1) is 0 Å². The molecule has 0 spiro atoms. The number of carbonyl (C=O) groups is 1. The fourth-order valence-corrected chi connectivity index (χ4v) is 2.05. The van der Waals surface area contributed by atoms with Gasteiger partial charge in [0, 0.05) is 16.3 Å². The molecule has 0 unspecified atom stereocenters. The van der Waals surface area contributed by atoms with Gasteiger partial charge in [-0.2, -0.15) is 0 Å². The van der Waals surface area contributed by atoms with Gasteiger partial charge in [0.2, 0.25) is 0 Å². The zero-order valence-corrected chi connectivity index (χ0v) is 12.0. The molecule has 0 atom stereocenters. The van der Waals surface area contributed by atoms with Crippen molar-refractivity contribution in [2.24, 2.45) is 0 Å². The van der Waals surface area contributed by atoms with Crippen molar-refractivity contribution < 1.29 is 14.3 Å². The van der Waals surface area contributed by atoms with Gasteiger partial charge in [0.1, 0.15) is 0 Å². The maximum atomic E-state index is 11.0. The normalized spacial score (nSPS) is 10.4. The molecule has 2 N–H and O–H groups in total. The number of hydrogen-bond acceptors (Lipinski definition) is 4. The van der Waals surface area contributed by atoms with E-state index in [9.17, 15) is 4.79 Å². The van der Waals surface area contributed by atoms with Crippen LogP contribution in [0.25, 0.3) is 11.3 Å². The summed E-state index contributed by atoms with van der Waals surface area (Å²) in [6.07, 6.45) is 1.54. The number of aromatic carboxylic acids is 1. The fraction of sp³-hybridized carbons (Fsp3) is 0. The highest BCUT2D eigenvalue weighted by atomic mass is 35.5. The number of benzene rings is 2. The Hall–Kier alpha value is -2.79. The smallest absolute Gasteiger partial charge is 0.335 e. The predicted octanol–water partition coefficient (Wildman–Crippen LogP) is 4.44. The summed E-state index contributed by atoms with van der Waals surface area (Å²) in [5.74, 6) is -0.500. The van der Waals surface area contributed by atoms with E-state index < -0.39 is 5.97 Å². The van der Waals surface area contributed by atoms with Crippen molar-refractivity contribution in [1.82, 2.24) is 4.98 Å². The molecule has 0 saturated heterocycles.